The molecule has 1 N–H and O–H groups in total. The number of nitrogens with zero attached hydrogens (tertiary/aromatic N) is 2. The third-order valence-electron chi connectivity index (χ3n) is 7.68. The molecule has 5 rings (SSSR count). The molecule has 214 valence electrons. The molecule has 1 saturated carbocycles. The van der Waals surface area contributed by atoms with Crippen LogP contribution in [0.1, 0.15) is 53.6 Å². The second kappa shape index (κ2) is 12.6. The van der Waals surface area contributed by atoms with Gasteiger partial charge in [-0.1, -0.05) is 83.4 Å². The fourth-order valence-electron chi connectivity index (χ4n) is 5.50. The van der Waals surface area contributed by atoms with Gasteiger partial charge in [0, 0.05) is 36.4 Å². The SMILES string of the molecule is O=C(NC1CCCC1)C(Cc1ccccc1)N(Cc1ccc(Br)cc1)C(=O)CCN1C(=O)c2ccccc2S1(=O)=O. The highest BCUT2D eigenvalue weighted by molar-refractivity contribution is 9.10. The van der Waals surface area contributed by atoms with Gasteiger partial charge in [0.2, 0.25) is 11.8 Å². The smallest absolute Gasteiger partial charge is 0.269 e. The molecule has 1 unspecified atom stereocenters. The molecule has 1 fully saturated rings. The van der Waals surface area contributed by atoms with Crippen LogP contribution in [0.5, 0.6) is 0 Å². The fourth-order valence-corrected chi connectivity index (χ4v) is 7.33. The van der Waals surface area contributed by atoms with Crippen LogP contribution >= 0.6 is 15.9 Å². The number of amides is 3. The lowest BCUT2D eigenvalue weighted by atomic mass is 10.0. The van der Waals surface area contributed by atoms with E-state index < -0.39 is 27.9 Å². The minimum absolute atomic E-state index is 0.0536. The summed E-state index contributed by atoms with van der Waals surface area (Å²) in [6.45, 7) is -0.156. The molecule has 8 nitrogen and oxygen atoms in total. The van der Waals surface area contributed by atoms with Gasteiger partial charge < -0.3 is 10.2 Å². The summed E-state index contributed by atoms with van der Waals surface area (Å²) in [6.07, 6.45) is 3.96. The van der Waals surface area contributed by atoms with Gasteiger partial charge >= 0.3 is 0 Å². The van der Waals surface area contributed by atoms with Gasteiger partial charge in [0.15, 0.2) is 0 Å². The Hall–Kier alpha value is -3.50. The first-order valence-electron chi connectivity index (χ1n) is 13.8. The summed E-state index contributed by atoms with van der Waals surface area (Å²) in [6, 6.07) is 22.3. The Kier molecular flexibility index (Phi) is 8.89. The third kappa shape index (κ3) is 6.54. The van der Waals surface area contributed by atoms with Gasteiger partial charge in [-0.15, -0.1) is 0 Å². The molecule has 0 spiro atoms. The molecule has 2 aliphatic rings. The van der Waals surface area contributed by atoms with E-state index in [9.17, 15) is 22.8 Å². The number of nitrogens with one attached hydrogen (secondary N) is 1. The summed E-state index contributed by atoms with van der Waals surface area (Å²) in [5, 5.41) is 3.16. The van der Waals surface area contributed by atoms with Crippen molar-refractivity contribution in [1.82, 2.24) is 14.5 Å². The van der Waals surface area contributed by atoms with Crippen molar-refractivity contribution < 1.29 is 22.8 Å². The van der Waals surface area contributed by atoms with E-state index in [0.29, 0.717) is 6.42 Å². The average molecular weight is 639 g/mol. The zero-order valence-electron chi connectivity index (χ0n) is 22.5. The first-order valence-corrected chi connectivity index (χ1v) is 16.0. The van der Waals surface area contributed by atoms with Gasteiger partial charge in [-0.05, 0) is 48.2 Å². The van der Waals surface area contributed by atoms with Gasteiger partial charge in [0.1, 0.15) is 10.9 Å². The topological polar surface area (TPSA) is 104 Å². The molecule has 41 heavy (non-hydrogen) atoms. The van der Waals surface area contributed by atoms with E-state index in [1.165, 1.54) is 17.0 Å². The summed E-state index contributed by atoms with van der Waals surface area (Å²) in [7, 11) is -4.05. The van der Waals surface area contributed by atoms with Crippen molar-refractivity contribution in [2.75, 3.05) is 6.54 Å². The minimum Gasteiger partial charge on any atom is -0.352 e. The summed E-state index contributed by atoms with van der Waals surface area (Å²) in [4.78, 5) is 42.1. The number of hydrogen-bond acceptors (Lipinski definition) is 5. The molecular weight excluding hydrogens is 606 g/mol. The van der Waals surface area contributed by atoms with E-state index in [4.69, 9.17) is 0 Å². The van der Waals surface area contributed by atoms with E-state index >= 15 is 0 Å². The number of sulfonamides is 1. The largest absolute Gasteiger partial charge is 0.352 e. The van der Waals surface area contributed by atoms with Gasteiger partial charge in [-0.2, -0.15) is 0 Å². The Morgan fingerprint density at radius 1 is 0.927 bits per heavy atom. The van der Waals surface area contributed by atoms with Crippen LogP contribution in [0.3, 0.4) is 0 Å². The van der Waals surface area contributed by atoms with Crippen LogP contribution in [0, 0.1) is 0 Å². The van der Waals surface area contributed by atoms with Gasteiger partial charge in [0.25, 0.3) is 15.9 Å². The molecule has 0 bridgehead atoms. The van der Waals surface area contributed by atoms with Crippen molar-refractivity contribution in [2.24, 2.45) is 0 Å². The van der Waals surface area contributed by atoms with Crippen molar-refractivity contribution in [1.29, 1.82) is 0 Å². The molecule has 3 aromatic carbocycles. The van der Waals surface area contributed by atoms with Crippen LogP contribution in [0.4, 0.5) is 0 Å². The van der Waals surface area contributed by atoms with E-state index in [0.717, 1.165) is 45.6 Å². The predicted octanol–water partition coefficient (Wildman–Crippen LogP) is 4.68. The Morgan fingerprint density at radius 3 is 2.27 bits per heavy atom. The first-order chi connectivity index (χ1) is 19.7. The number of hydrogen-bond donors (Lipinski definition) is 1. The van der Waals surface area contributed by atoms with Crippen LogP contribution in [-0.2, 0) is 32.6 Å². The number of halogens is 1. The lowest BCUT2D eigenvalue weighted by Crippen LogP contribution is -2.52. The summed E-state index contributed by atoms with van der Waals surface area (Å²) in [5.41, 5.74) is 1.83. The lowest BCUT2D eigenvalue weighted by Gasteiger charge is -2.33. The molecule has 10 heteroatoms. The van der Waals surface area contributed by atoms with Crippen LogP contribution < -0.4 is 5.32 Å². The number of rotatable bonds is 10. The van der Waals surface area contributed by atoms with E-state index in [1.807, 2.05) is 54.6 Å². The van der Waals surface area contributed by atoms with Gasteiger partial charge in [-0.3, -0.25) is 14.4 Å². The molecule has 3 amide bonds. The van der Waals surface area contributed by atoms with E-state index in [2.05, 4.69) is 21.2 Å². The first kappa shape index (κ1) is 29.0. The molecule has 3 aromatic rings. The maximum atomic E-state index is 13.9. The van der Waals surface area contributed by atoms with Crippen LogP contribution in [-0.4, -0.2) is 54.0 Å². The zero-order valence-corrected chi connectivity index (χ0v) is 24.9. The Bertz CT molecular complexity index is 1520. The summed E-state index contributed by atoms with van der Waals surface area (Å²) < 4.78 is 27.8. The van der Waals surface area contributed by atoms with E-state index in [-0.39, 0.29) is 41.9 Å². The Labute approximate surface area is 248 Å². The highest BCUT2D eigenvalue weighted by Gasteiger charge is 2.41. The third-order valence-corrected chi connectivity index (χ3v) is 10.0. The number of fused-ring (bicyclic) bond motifs is 1. The van der Waals surface area contributed by atoms with Gasteiger partial charge in [-0.25, -0.2) is 12.7 Å². The quantitative estimate of drug-likeness (QED) is 0.348. The summed E-state index contributed by atoms with van der Waals surface area (Å²) in [5.74, 6) is -1.29. The minimum atomic E-state index is -4.05. The Morgan fingerprint density at radius 2 is 1.59 bits per heavy atom. The number of carbonyl (C=O) groups is 3. The zero-order chi connectivity index (χ0) is 29.0. The second-order valence-electron chi connectivity index (χ2n) is 10.5. The monoisotopic (exact) mass is 637 g/mol. The molecule has 0 saturated heterocycles. The molecular formula is C31H32BrN3O5S. The highest BCUT2D eigenvalue weighted by Crippen LogP contribution is 2.30. The average Bonchev–Trinajstić information content (AvgIpc) is 3.55. The highest BCUT2D eigenvalue weighted by atomic mass is 79.9. The van der Waals surface area contributed by atoms with Crippen molar-refractivity contribution in [2.45, 2.75) is 62.0 Å². The molecule has 1 aliphatic heterocycles. The predicted molar refractivity (Wildman–Crippen MR) is 158 cm³/mol. The maximum Gasteiger partial charge on any atom is 0.269 e. The van der Waals surface area contributed by atoms with Crippen molar-refractivity contribution >= 4 is 43.7 Å². The fraction of sp³-hybridized carbons (Fsp3) is 0.323. The van der Waals surface area contributed by atoms with Crippen molar-refractivity contribution in [3.8, 4) is 0 Å². The number of benzene rings is 3. The lowest BCUT2D eigenvalue weighted by molar-refractivity contribution is -0.141. The van der Waals surface area contributed by atoms with Crippen molar-refractivity contribution in [3.05, 3.63) is 100 Å². The second-order valence-corrected chi connectivity index (χ2v) is 13.2. The Balaban J connectivity index is 1.42. The molecule has 1 atom stereocenters. The molecule has 1 heterocycles. The van der Waals surface area contributed by atoms with Crippen LogP contribution in [0.2, 0.25) is 0 Å². The normalized spacial score (nSPS) is 16.8. The summed E-state index contributed by atoms with van der Waals surface area (Å²) >= 11 is 3.44. The van der Waals surface area contributed by atoms with Crippen molar-refractivity contribution in [3.63, 3.8) is 0 Å². The standard InChI is InChI=1S/C31H32BrN3O5S/c32-24-16-14-23(15-17-24)21-34(27(20-22-8-2-1-3-9-22)30(37)33-25-10-4-5-11-25)29(36)18-19-35-31(38)26-12-6-7-13-28(26)41(35,39)40/h1-3,6-9,12-17,25,27H,4-5,10-11,18-21H2,(H,33,37). The van der Waals surface area contributed by atoms with Crippen LogP contribution in [0.25, 0.3) is 0 Å². The molecule has 0 aromatic heterocycles. The molecule has 1 aliphatic carbocycles. The maximum absolute atomic E-state index is 13.9. The van der Waals surface area contributed by atoms with E-state index in [1.54, 1.807) is 12.1 Å². The van der Waals surface area contributed by atoms with Crippen LogP contribution in [0.15, 0.2) is 88.2 Å². The molecule has 0 radical (unpaired) electrons. The number of carbonyl (C=O) groups excluding carboxylic acids is 3. The van der Waals surface area contributed by atoms with Gasteiger partial charge in [0.05, 0.1) is 5.56 Å².